The van der Waals surface area contributed by atoms with Crippen LogP contribution in [0.25, 0.3) is 0 Å². The average Bonchev–Trinajstić information content (AvgIpc) is 3.24. The molecule has 0 saturated carbocycles. The van der Waals surface area contributed by atoms with Gasteiger partial charge in [0, 0.05) is 64.1 Å². The van der Waals surface area contributed by atoms with Gasteiger partial charge in [0.1, 0.15) is 0 Å². The van der Waals surface area contributed by atoms with E-state index in [-0.39, 0.29) is 11.4 Å². The van der Waals surface area contributed by atoms with E-state index in [4.69, 9.17) is 4.74 Å². The zero-order chi connectivity index (χ0) is 27.0. The van der Waals surface area contributed by atoms with Crippen LogP contribution in [0.15, 0.2) is 34.8 Å². The van der Waals surface area contributed by atoms with Gasteiger partial charge in [-0.15, -0.1) is 0 Å². The molecule has 0 fully saturated rings. The molecule has 204 valence electrons. The van der Waals surface area contributed by atoms with Gasteiger partial charge in [-0.05, 0) is 115 Å². The van der Waals surface area contributed by atoms with E-state index in [9.17, 15) is 4.79 Å². The number of hydrogen-bond acceptors (Lipinski definition) is 4. The summed E-state index contributed by atoms with van der Waals surface area (Å²) in [5.41, 5.74) is 14.8. The number of aryl methyl sites for hydroxylation is 2. The zero-order valence-electron chi connectivity index (χ0n) is 23.5. The van der Waals surface area contributed by atoms with Gasteiger partial charge in [-0.1, -0.05) is 29.8 Å². The molecule has 40 heavy (non-hydrogen) atoms. The fourth-order valence-corrected chi connectivity index (χ4v) is 9.97. The minimum absolute atomic E-state index is 0.188. The summed E-state index contributed by atoms with van der Waals surface area (Å²) < 4.78 is 7.84. The van der Waals surface area contributed by atoms with E-state index in [1.165, 1.54) is 81.6 Å². The van der Waals surface area contributed by atoms with Gasteiger partial charge in [0.25, 0.3) is 0 Å². The van der Waals surface area contributed by atoms with Gasteiger partial charge in [0.2, 0.25) is 0 Å². The van der Waals surface area contributed by atoms with Crippen molar-refractivity contribution < 1.29 is 9.53 Å². The zero-order valence-corrected chi connectivity index (χ0v) is 25.0. The number of benzene rings is 3. The van der Waals surface area contributed by atoms with Crippen molar-refractivity contribution >= 4 is 33.3 Å². The lowest BCUT2D eigenvalue weighted by Gasteiger charge is -2.51. The Balaban J connectivity index is 1.47. The first-order chi connectivity index (χ1) is 19.4. The van der Waals surface area contributed by atoms with E-state index < -0.39 is 5.60 Å². The first kappa shape index (κ1) is 23.9. The minimum Gasteiger partial charge on any atom is -0.441 e. The lowest BCUT2D eigenvalue weighted by molar-refractivity contribution is 0.0230. The molecule has 4 nitrogen and oxygen atoms in total. The molecule has 0 bridgehead atoms. The number of esters is 1. The highest BCUT2D eigenvalue weighted by Gasteiger charge is 2.58. The molecule has 5 heterocycles. The van der Waals surface area contributed by atoms with Crippen LogP contribution < -0.4 is 9.80 Å². The number of carbonyl (C=O) groups excluding carboxylic acids is 1. The summed E-state index contributed by atoms with van der Waals surface area (Å²) in [6, 6.07) is 11.1. The molecule has 3 aromatic carbocycles. The number of hydrogen-bond donors (Lipinski definition) is 0. The van der Waals surface area contributed by atoms with E-state index in [2.05, 4.69) is 57.8 Å². The lowest BCUT2D eigenvalue weighted by atomic mass is 9.57. The van der Waals surface area contributed by atoms with Crippen molar-refractivity contribution in [2.45, 2.75) is 76.2 Å². The van der Waals surface area contributed by atoms with Crippen molar-refractivity contribution in [2.75, 3.05) is 36.0 Å². The molecule has 0 aromatic heterocycles. The van der Waals surface area contributed by atoms with Gasteiger partial charge < -0.3 is 14.5 Å². The fraction of sp³-hybridized carbons (Fsp3) is 0.457. The molecule has 9 rings (SSSR count). The van der Waals surface area contributed by atoms with Crippen LogP contribution in [0.2, 0.25) is 0 Å². The van der Waals surface area contributed by atoms with Crippen LogP contribution >= 0.6 is 15.9 Å². The first-order valence-electron chi connectivity index (χ1n) is 15.3. The van der Waals surface area contributed by atoms with Gasteiger partial charge >= 0.3 is 5.97 Å². The Morgan fingerprint density at radius 3 is 1.80 bits per heavy atom. The third-order valence-corrected chi connectivity index (χ3v) is 11.4. The molecule has 1 spiro atoms. The van der Waals surface area contributed by atoms with Gasteiger partial charge in [-0.2, -0.15) is 0 Å². The van der Waals surface area contributed by atoms with Crippen LogP contribution in [0, 0.1) is 0 Å². The summed E-state index contributed by atoms with van der Waals surface area (Å²) in [5, 5.41) is 0. The van der Waals surface area contributed by atoms with E-state index in [0.717, 1.165) is 61.9 Å². The van der Waals surface area contributed by atoms with Crippen LogP contribution in [-0.2, 0) is 41.4 Å². The SMILES string of the molecule is CC1(C)c2c(cc3c4c2CCCN4CCC3)C2(OC(=O)c3ccc(Br)cc32)c2cc3c4c(c21)CCCN4CCC3. The molecular weight excluding hydrogens is 560 g/mol. The minimum atomic E-state index is -0.910. The largest absolute Gasteiger partial charge is 0.441 e. The van der Waals surface area contributed by atoms with Crippen LogP contribution in [-0.4, -0.2) is 32.1 Å². The number of halogens is 1. The van der Waals surface area contributed by atoms with E-state index in [1.54, 1.807) is 0 Å². The van der Waals surface area contributed by atoms with Crippen molar-refractivity contribution in [3.8, 4) is 0 Å². The van der Waals surface area contributed by atoms with E-state index in [0.29, 0.717) is 5.56 Å². The van der Waals surface area contributed by atoms with Crippen LogP contribution in [0.1, 0.15) is 100.0 Å². The molecule has 0 radical (unpaired) electrons. The third-order valence-electron chi connectivity index (χ3n) is 10.9. The molecule has 6 aliphatic rings. The summed E-state index contributed by atoms with van der Waals surface area (Å²) in [7, 11) is 0. The summed E-state index contributed by atoms with van der Waals surface area (Å²) in [6.07, 6.45) is 9.14. The van der Waals surface area contributed by atoms with Crippen molar-refractivity contribution in [2.24, 2.45) is 0 Å². The molecule has 1 aliphatic carbocycles. The second-order valence-corrected chi connectivity index (χ2v) is 14.3. The molecule has 0 N–H and O–H groups in total. The second-order valence-electron chi connectivity index (χ2n) is 13.3. The van der Waals surface area contributed by atoms with E-state index >= 15 is 0 Å². The molecule has 3 aromatic rings. The maximum Gasteiger partial charge on any atom is 0.340 e. The van der Waals surface area contributed by atoms with Crippen LogP contribution in [0.3, 0.4) is 0 Å². The summed E-state index contributed by atoms with van der Waals surface area (Å²) >= 11 is 3.77. The highest BCUT2D eigenvalue weighted by molar-refractivity contribution is 9.10. The normalized spacial score (nSPS) is 22.2. The van der Waals surface area contributed by atoms with Gasteiger partial charge in [0.05, 0.1) is 5.56 Å². The highest BCUT2D eigenvalue weighted by atomic mass is 79.9. The number of anilines is 2. The fourth-order valence-electron chi connectivity index (χ4n) is 9.61. The topological polar surface area (TPSA) is 32.8 Å². The molecule has 5 aliphatic heterocycles. The summed E-state index contributed by atoms with van der Waals surface area (Å²) in [5.74, 6) is -0.194. The first-order valence-corrected chi connectivity index (χ1v) is 16.1. The Kier molecular flexibility index (Phi) is 4.74. The molecule has 0 saturated heterocycles. The number of rotatable bonds is 0. The van der Waals surface area contributed by atoms with Crippen molar-refractivity contribution in [3.05, 3.63) is 90.4 Å². The molecular formula is C35H35BrN2O2. The van der Waals surface area contributed by atoms with Gasteiger partial charge in [0.15, 0.2) is 5.60 Å². The maximum absolute atomic E-state index is 13.8. The maximum atomic E-state index is 13.8. The predicted octanol–water partition coefficient (Wildman–Crippen LogP) is 6.95. The monoisotopic (exact) mass is 594 g/mol. The van der Waals surface area contributed by atoms with E-state index in [1.807, 2.05) is 12.1 Å². The number of ether oxygens (including phenoxy) is 1. The summed E-state index contributed by atoms with van der Waals surface area (Å²) in [6.45, 7) is 9.54. The predicted molar refractivity (Wildman–Crippen MR) is 162 cm³/mol. The number of nitrogens with zero attached hydrogens (tertiary/aromatic N) is 2. The molecule has 0 unspecified atom stereocenters. The summed E-state index contributed by atoms with van der Waals surface area (Å²) in [4.78, 5) is 19.1. The lowest BCUT2D eigenvalue weighted by Crippen LogP contribution is -2.46. The standard InChI is InChI=1S/C35H35BrN2O2/c1-34(2)29-24-9-5-15-37-13-3-7-20(31(24)37)17-27(29)35(26-19-22(36)11-12-23(26)33(39)40-35)28-18-21-8-4-14-38-16-6-10-25(30(28)34)32(21)38/h11-12,17-19H,3-10,13-16H2,1-2H3. The smallest absolute Gasteiger partial charge is 0.340 e. The van der Waals surface area contributed by atoms with Crippen LogP contribution in [0.4, 0.5) is 11.4 Å². The highest BCUT2D eigenvalue weighted by Crippen LogP contribution is 2.62. The molecule has 0 atom stereocenters. The van der Waals surface area contributed by atoms with Gasteiger partial charge in [-0.3, -0.25) is 0 Å². The van der Waals surface area contributed by atoms with Crippen molar-refractivity contribution in [3.63, 3.8) is 0 Å². The Morgan fingerprint density at radius 1 is 0.725 bits per heavy atom. The van der Waals surface area contributed by atoms with Crippen molar-refractivity contribution in [1.82, 2.24) is 0 Å². The van der Waals surface area contributed by atoms with Gasteiger partial charge in [-0.25, -0.2) is 4.79 Å². The Hall–Kier alpha value is -2.79. The number of fused-ring (bicyclic) bond motifs is 8. The second kappa shape index (κ2) is 7.94. The Morgan fingerprint density at radius 2 is 1.25 bits per heavy atom. The molecule has 0 amide bonds. The van der Waals surface area contributed by atoms with Crippen molar-refractivity contribution in [1.29, 1.82) is 0 Å². The average molecular weight is 596 g/mol. The molecule has 5 heteroatoms. The number of carbonyl (C=O) groups is 1. The van der Waals surface area contributed by atoms with Crippen LogP contribution in [0.5, 0.6) is 0 Å². The third kappa shape index (κ3) is 2.80. The quantitative estimate of drug-likeness (QED) is 0.264. The Labute approximate surface area is 244 Å². The Bertz CT molecular complexity index is 1580.